The largest absolute Gasteiger partial charge is 0.300 e. The van der Waals surface area contributed by atoms with E-state index in [1.165, 1.54) is 38.8 Å². The Labute approximate surface area is 96.3 Å². The summed E-state index contributed by atoms with van der Waals surface area (Å²) in [5.41, 5.74) is 0. The predicted octanol–water partition coefficient (Wildman–Crippen LogP) is 2.78. The smallest absolute Gasteiger partial charge is 0.0164 e. The van der Waals surface area contributed by atoms with Gasteiger partial charge in [0.2, 0.25) is 0 Å². The van der Waals surface area contributed by atoms with Gasteiger partial charge in [-0.05, 0) is 58.7 Å². The van der Waals surface area contributed by atoms with Gasteiger partial charge < -0.3 is 0 Å². The van der Waals surface area contributed by atoms with Gasteiger partial charge in [-0.3, -0.25) is 4.90 Å². The predicted molar refractivity (Wildman–Crippen MR) is 70.0 cm³/mol. The third kappa shape index (κ3) is 1.60. The van der Waals surface area contributed by atoms with Crippen LogP contribution in [0.5, 0.6) is 0 Å². The molecule has 2 aliphatic heterocycles. The summed E-state index contributed by atoms with van der Waals surface area (Å²) in [4.78, 5) is 2.76. The summed E-state index contributed by atoms with van der Waals surface area (Å²) in [6, 6.07) is 0.902. The summed E-state index contributed by atoms with van der Waals surface area (Å²) in [7, 11) is 0. The second-order valence-electron chi connectivity index (χ2n) is 4.70. The summed E-state index contributed by atoms with van der Waals surface area (Å²) in [6.45, 7) is 2.74. The first kappa shape index (κ1) is 9.52. The van der Waals surface area contributed by atoms with E-state index in [9.17, 15) is 0 Å². The molecule has 14 heavy (non-hydrogen) atoms. The highest BCUT2D eigenvalue weighted by atomic mass is 127. The number of rotatable bonds is 1. The molecular weight excluding hydrogens is 285 g/mol. The molecule has 0 bridgehead atoms. The maximum absolute atomic E-state index is 2.76. The monoisotopic (exact) mass is 303 g/mol. The lowest BCUT2D eigenvalue weighted by Crippen LogP contribution is -2.36. The van der Waals surface area contributed by atoms with Gasteiger partial charge in [0.1, 0.15) is 0 Å². The molecule has 0 spiro atoms. The SMILES string of the molecule is C1=CC2C(C=I1)CCC2N1CCCC1. The Balaban J connectivity index is 1.75. The Bertz CT molecular complexity index is 265. The minimum absolute atomic E-state index is 0.324. The Morgan fingerprint density at radius 2 is 2.00 bits per heavy atom. The molecule has 3 unspecified atom stereocenters. The highest BCUT2D eigenvalue weighted by molar-refractivity contribution is 14.2. The Morgan fingerprint density at radius 3 is 2.86 bits per heavy atom. The van der Waals surface area contributed by atoms with Gasteiger partial charge in [0.25, 0.3) is 0 Å². The fraction of sp³-hybridized carbons (Fsp3) is 0.750. The van der Waals surface area contributed by atoms with Crippen molar-refractivity contribution in [3.05, 3.63) is 10.2 Å². The van der Waals surface area contributed by atoms with E-state index in [0.29, 0.717) is 20.7 Å². The van der Waals surface area contributed by atoms with Crippen LogP contribution >= 0.6 is 20.7 Å². The molecule has 1 nitrogen and oxygen atoms in total. The molecule has 2 heteroatoms. The van der Waals surface area contributed by atoms with Crippen molar-refractivity contribution in [1.29, 1.82) is 0 Å². The van der Waals surface area contributed by atoms with E-state index >= 15 is 0 Å². The quantitative estimate of drug-likeness (QED) is 0.673. The second kappa shape index (κ2) is 4.05. The molecule has 1 aliphatic carbocycles. The highest BCUT2D eigenvalue weighted by Crippen LogP contribution is 2.39. The molecule has 2 fully saturated rings. The standard InChI is InChI=1S/C12H18IN/c1-2-8-14(7-1)12-4-3-10-9-13-6-5-11(10)12/h5-6,9-12H,1-4,7-8H2. The summed E-state index contributed by atoms with van der Waals surface area (Å²) in [5, 5.41) is 0. The molecule has 1 saturated heterocycles. The van der Waals surface area contributed by atoms with Crippen LogP contribution in [0.15, 0.2) is 10.2 Å². The van der Waals surface area contributed by atoms with Crippen LogP contribution in [0.3, 0.4) is 0 Å². The Morgan fingerprint density at radius 1 is 1.14 bits per heavy atom. The molecule has 3 aliphatic rings. The van der Waals surface area contributed by atoms with E-state index < -0.39 is 0 Å². The zero-order valence-corrected chi connectivity index (χ0v) is 10.7. The average Bonchev–Trinajstić information content (AvgIpc) is 2.85. The van der Waals surface area contributed by atoms with Crippen LogP contribution < -0.4 is 0 Å². The molecule has 78 valence electrons. The van der Waals surface area contributed by atoms with Gasteiger partial charge in [-0.1, -0.05) is 26.8 Å². The summed E-state index contributed by atoms with van der Waals surface area (Å²) in [5.74, 6) is 1.85. The third-order valence-corrected chi connectivity index (χ3v) is 6.12. The first-order chi connectivity index (χ1) is 6.95. The van der Waals surface area contributed by atoms with Crippen molar-refractivity contribution in [3.8, 4) is 0 Å². The number of hydrogen-bond acceptors (Lipinski definition) is 1. The Hall–Kier alpha value is 0.300. The molecule has 0 aromatic rings. The van der Waals surface area contributed by atoms with Crippen molar-refractivity contribution < 1.29 is 0 Å². The zero-order valence-electron chi connectivity index (χ0n) is 8.53. The lowest BCUT2D eigenvalue weighted by molar-refractivity contribution is 0.213. The summed E-state index contributed by atoms with van der Waals surface area (Å²) in [6.07, 6.45) is 8.35. The van der Waals surface area contributed by atoms with Crippen molar-refractivity contribution in [3.63, 3.8) is 0 Å². The van der Waals surface area contributed by atoms with Gasteiger partial charge in [-0.15, -0.1) is 0 Å². The number of likely N-dealkylation sites (tertiary alicyclic amines) is 1. The number of nitrogens with zero attached hydrogens (tertiary/aromatic N) is 1. The van der Waals surface area contributed by atoms with E-state index in [4.69, 9.17) is 0 Å². The van der Waals surface area contributed by atoms with Crippen LogP contribution in [0, 0.1) is 11.8 Å². The van der Waals surface area contributed by atoms with E-state index in [1.54, 1.807) is 0 Å². The van der Waals surface area contributed by atoms with Crippen molar-refractivity contribution in [2.75, 3.05) is 13.1 Å². The Kier molecular flexibility index (Phi) is 2.75. The molecule has 3 rings (SSSR count). The normalized spacial score (nSPS) is 42.4. The molecule has 0 radical (unpaired) electrons. The molecule has 0 N–H and O–H groups in total. The molecule has 0 aromatic heterocycles. The number of halogens is 1. The maximum Gasteiger partial charge on any atom is 0.0164 e. The van der Waals surface area contributed by atoms with Crippen LogP contribution in [0.2, 0.25) is 0 Å². The van der Waals surface area contributed by atoms with Gasteiger partial charge in [0.05, 0.1) is 0 Å². The van der Waals surface area contributed by atoms with Gasteiger partial charge in [-0.2, -0.15) is 0 Å². The third-order valence-electron chi connectivity index (χ3n) is 3.95. The first-order valence-electron chi connectivity index (χ1n) is 5.81. The summed E-state index contributed by atoms with van der Waals surface area (Å²) >= 11 is 0.324. The minimum Gasteiger partial charge on any atom is -0.300 e. The highest BCUT2D eigenvalue weighted by Gasteiger charge is 2.37. The fourth-order valence-electron chi connectivity index (χ4n) is 3.21. The first-order valence-corrected chi connectivity index (χ1v) is 8.30. The van der Waals surface area contributed by atoms with E-state index in [2.05, 4.69) is 19.1 Å². The van der Waals surface area contributed by atoms with Crippen LogP contribution in [-0.4, -0.2) is 28.0 Å². The van der Waals surface area contributed by atoms with Crippen molar-refractivity contribution in [2.45, 2.75) is 31.7 Å². The lowest BCUT2D eigenvalue weighted by Gasteiger charge is -2.29. The van der Waals surface area contributed by atoms with Crippen LogP contribution in [-0.2, 0) is 0 Å². The number of hydrogen-bond donors (Lipinski definition) is 0. The molecular formula is C12H18IN. The topological polar surface area (TPSA) is 3.24 Å². The average molecular weight is 303 g/mol. The molecule has 0 amide bonds. The number of fused-ring (bicyclic) bond motifs is 1. The van der Waals surface area contributed by atoms with Gasteiger partial charge in [0, 0.05) is 6.04 Å². The van der Waals surface area contributed by atoms with Crippen LogP contribution in [0.1, 0.15) is 25.7 Å². The van der Waals surface area contributed by atoms with Crippen LogP contribution in [0.25, 0.3) is 0 Å². The molecule has 3 atom stereocenters. The zero-order chi connectivity index (χ0) is 9.38. The van der Waals surface area contributed by atoms with E-state index in [1.807, 2.05) is 0 Å². The van der Waals surface area contributed by atoms with Crippen molar-refractivity contribution in [1.82, 2.24) is 4.90 Å². The summed E-state index contributed by atoms with van der Waals surface area (Å²) < 4.78 is 5.13. The van der Waals surface area contributed by atoms with Gasteiger partial charge in [0.15, 0.2) is 0 Å². The van der Waals surface area contributed by atoms with E-state index in [-0.39, 0.29) is 0 Å². The molecule has 0 aromatic carbocycles. The lowest BCUT2D eigenvalue weighted by atomic mass is 9.95. The van der Waals surface area contributed by atoms with Crippen molar-refractivity contribution >= 4 is 24.7 Å². The second-order valence-corrected chi connectivity index (χ2v) is 6.86. The van der Waals surface area contributed by atoms with Crippen LogP contribution in [0.4, 0.5) is 0 Å². The molecule has 1 saturated carbocycles. The van der Waals surface area contributed by atoms with Crippen molar-refractivity contribution in [2.24, 2.45) is 11.8 Å². The van der Waals surface area contributed by atoms with Gasteiger partial charge >= 0.3 is 0 Å². The van der Waals surface area contributed by atoms with Gasteiger partial charge in [-0.25, -0.2) is 0 Å². The minimum atomic E-state index is 0.324. The fourth-order valence-corrected chi connectivity index (χ4v) is 5.54. The van der Waals surface area contributed by atoms with E-state index in [0.717, 1.165) is 17.9 Å². The molecule has 2 heterocycles. The maximum atomic E-state index is 2.76.